The van der Waals surface area contributed by atoms with Crippen LogP contribution in [0.5, 0.6) is 0 Å². The van der Waals surface area contributed by atoms with Gasteiger partial charge in [0.2, 0.25) is 0 Å². The lowest BCUT2D eigenvalue weighted by atomic mass is 9.67. The van der Waals surface area contributed by atoms with Gasteiger partial charge in [-0.3, -0.25) is 0 Å². The first-order valence-corrected chi connectivity index (χ1v) is 9.81. The van der Waals surface area contributed by atoms with Crippen molar-refractivity contribution >= 4 is 27.6 Å². The minimum absolute atomic E-state index is 0.196. The Morgan fingerprint density at radius 2 is 1.84 bits per heavy atom. The molecule has 128 valence electrons. The average Bonchev–Trinajstić information content (AvgIpc) is 3.23. The number of aromatic carboxylic acids is 1. The van der Waals surface area contributed by atoms with Crippen molar-refractivity contribution < 1.29 is 9.90 Å². The number of para-hydroxylation sites is 1. The van der Waals surface area contributed by atoms with Crippen molar-refractivity contribution in [2.24, 2.45) is 17.8 Å². The predicted octanol–water partition coefficient (Wildman–Crippen LogP) is 5.44. The second-order valence-electron chi connectivity index (χ2n) is 7.68. The van der Waals surface area contributed by atoms with E-state index in [-0.39, 0.29) is 6.04 Å². The van der Waals surface area contributed by atoms with Crippen LogP contribution in [0.3, 0.4) is 0 Å². The topological polar surface area (TPSA) is 49.3 Å². The summed E-state index contributed by atoms with van der Waals surface area (Å²) >= 11 is 3.52. The first-order valence-electron chi connectivity index (χ1n) is 9.01. The van der Waals surface area contributed by atoms with Gasteiger partial charge in [-0.05, 0) is 72.3 Å². The van der Waals surface area contributed by atoms with E-state index in [1.165, 1.54) is 30.4 Å². The van der Waals surface area contributed by atoms with Crippen molar-refractivity contribution in [2.45, 2.75) is 31.2 Å². The minimum Gasteiger partial charge on any atom is -0.478 e. The summed E-state index contributed by atoms with van der Waals surface area (Å²) in [6, 6.07) is 14.5. The molecule has 25 heavy (non-hydrogen) atoms. The molecule has 0 unspecified atom stereocenters. The Labute approximate surface area is 155 Å². The number of fused-ring (bicyclic) bond motifs is 7. The number of halogens is 1. The standard InChI is InChI=1S/C21H20BrNO2/c22-14-8-6-11(7-9-14)19-18-13-5-4-12(10-13)17(18)15-2-1-3-16(21(24)25)20(15)23-19/h1-3,6-9,12-13,17-19,23H,4-5,10H2,(H,24,25)/t12-,13+,17-,18-,19+/m0/s1. The fourth-order valence-corrected chi connectivity index (χ4v) is 5.96. The van der Waals surface area contributed by atoms with Crippen molar-refractivity contribution in [1.82, 2.24) is 0 Å². The zero-order valence-corrected chi connectivity index (χ0v) is 15.4. The van der Waals surface area contributed by atoms with Crippen molar-refractivity contribution in [3.8, 4) is 0 Å². The lowest BCUT2D eigenvalue weighted by Crippen LogP contribution is -2.36. The molecule has 2 aromatic carbocycles. The SMILES string of the molecule is O=C(O)c1cccc2c1N[C@H](c1ccc(Br)cc1)[C@H]1[C@@H]3CC[C@@H](C3)[C@@H]21. The summed E-state index contributed by atoms with van der Waals surface area (Å²) in [7, 11) is 0. The molecule has 5 atom stereocenters. The Bertz CT molecular complexity index is 847. The Morgan fingerprint density at radius 1 is 1.08 bits per heavy atom. The van der Waals surface area contributed by atoms with E-state index in [0.717, 1.165) is 16.1 Å². The highest BCUT2D eigenvalue weighted by Gasteiger charge is 2.54. The van der Waals surface area contributed by atoms with Gasteiger partial charge in [0.1, 0.15) is 0 Å². The third-order valence-corrected chi connectivity index (χ3v) is 7.11. The number of carboxylic acids is 1. The van der Waals surface area contributed by atoms with Gasteiger partial charge in [0.15, 0.2) is 0 Å². The molecule has 1 heterocycles. The minimum atomic E-state index is -0.847. The number of hydrogen-bond donors (Lipinski definition) is 2. The van der Waals surface area contributed by atoms with Crippen LogP contribution in [0.4, 0.5) is 5.69 Å². The molecule has 2 aliphatic carbocycles. The highest BCUT2D eigenvalue weighted by atomic mass is 79.9. The molecule has 5 rings (SSSR count). The summed E-state index contributed by atoms with van der Waals surface area (Å²) in [5.74, 6) is 1.66. The molecular formula is C21H20BrNO2. The van der Waals surface area contributed by atoms with E-state index in [9.17, 15) is 9.90 Å². The monoisotopic (exact) mass is 397 g/mol. The largest absolute Gasteiger partial charge is 0.478 e. The Balaban J connectivity index is 1.67. The van der Waals surface area contributed by atoms with Gasteiger partial charge in [-0.15, -0.1) is 0 Å². The van der Waals surface area contributed by atoms with Crippen LogP contribution in [-0.4, -0.2) is 11.1 Å². The summed E-state index contributed by atoms with van der Waals surface area (Å²) in [5, 5.41) is 13.3. The van der Waals surface area contributed by atoms with E-state index in [1.54, 1.807) is 6.07 Å². The maximum atomic E-state index is 11.8. The molecule has 0 amide bonds. The van der Waals surface area contributed by atoms with Gasteiger partial charge < -0.3 is 10.4 Å². The van der Waals surface area contributed by atoms with Gasteiger partial charge in [0, 0.05) is 4.47 Å². The van der Waals surface area contributed by atoms with Gasteiger partial charge in [-0.2, -0.15) is 0 Å². The van der Waals surface area contributed by atoms with Gasteiger partial charge in [0.25, 0.3) is 0 Å². The van der Waals surface area contributed by atoms with Crippen LogP contribution < -0.4 is 5.32 Å². The Kier molecular flexibility index (Phi) is 3.46. The molecule has 2 aromatic rings. The summed E-state index contributed by atoms with van der Waals surface area (Å²) < 4.78 is 1.07. The molecular weight excluding hydrogens is 378 g/mol. The lowest BCUT2D eigenvalue weighted by Gasteiger charge is -2.44. The van der Waals surface area contributed by atoms with E-state index >= 15 is 0 Å². The first-order chi connectivity index (χ1) is 12.1. The molecule has 0 radical (unpaired) electrons. The average molecular weight is 398 g/mol. The van der Waals surface area contributed by atoms with Crippen LogP contribution in [0, 0.1) is 17.8 Å². The molecule has 2 bridgehead atoms. The van der Waals surface area contributed by atoms with Gasteiger partial charge in [-0.25, -0.2) is 4.79 Å². The second-order valence-corrected chi connectivity index (χ2v) is 8.60. The number of carbonyl (C=O) groups is 1. The molecule has 3 nitrogen and oxygen atoms in total. The number of carboxylic acid groups (broad SMARTS) is 1. The number of rotatable bonds is 2. The van der Waals surface area contributed by atoms with Crippen LogP contribution in [-0.2, 0) is 0 Å². The lowest BCUT2D eigenvalue weighted by molar-refractivity contribution is 0.0697. The number of nitrogens with one attached hydrogen (secondary N) is 1. The molecule has 4 heteroatoms. The smallest absolute Gasteiger partial charge is 0.337 e. The second kappa shape index (κ2) is 5.60. The molecule has 2 fully saturated rings. The van der Waals surface area contributed by atoms with Crippen LogP contribution >= 0.6 is 15.9 Å². The predicted molar refractivity (Wildman–Crippen MR) is 101 cm³/mol. The molecule has 0 saturated heterocycles. The molecule has 2 saturated carbocycles. The summed E-state index contributed by atoms with van der Waals surface area (Å²) in [6.07, 6.45) is 3.89. The summed E-state index contributed by atoms with van der Waals surface area (Å²) in [5.41, 5.74) is 3.74. The quantitative estimate of drug-likeness (QED) is 0.708. The zero-order valence-electron chi connectivity index (χ0n) is 13.8. The molecule has 2 N–H and O–H groups in total. The van der Waals surface area contributed by atoms with Crippen LogP contribution in [0.25, 0.3) is 0 Å². The number of hydrogen-bond acceptors (Lipinski definition) is 2. The number of anilines is 1. The molecule has 1 aliphatic heterocycles. The van der Waals surface area contributed by atoms with Crippen LogP contribution in [0.1, 0.15) is 52.7 Å². The van der Waals surface area contributed by atoms with Gasteiger partial charge in [-0.1, -0.05) is 40.2 Å². The fourth-order valence-electron chi connectivity index (χ4n) is 5.69. The van der Waals surface area contributed by atoms with Crippen molar-refractivity contribution in [1.29, 1.82) is 0 Å². The third-order valence-electron chi connectivity index (χ3n) is 6.58. The van der Waals surface area contributed by atoms with E-state index in [0.29, 0.717) is 23.3 Å². The molecule has 3 aliphatic rings. The summed E-state index contributed by atoms with van der Waals surface area (Å²) in [4.78, 5) is 11.8. The normalized spacial score (nSPS) is 32.0. The summed E-state index contributed by atoms with van der Waals surface area (Å²) in [6.45, 7) is 0. The van der Waals surface area contributed by atoms with Crippen molar-refractivity contribution in [3.05, 3.63) is 63.6 Å². The van der Waals surface area contributed by atoms with Gasteiger partial charge in [0.05, 0.1) is 17.3 Å². The van der Waals surface area contributed by atoms with E-state index < -0.39 is 5.97 Å². The third kappa shape index (κ3) is 2.27. The fraction of sp³-hybridized carbons (Fsp3) is 0.381. The number of benzene rings is 2. The van der Waals surface area contributed by atoms with Gasteiger partial charge >= 0.3 is 5.97 Å². The molecule has 0 spiro atoms. The Hall–Kier alpha value is -1.81. The van der Waals surface area contributed by atoms with E-state index in [1.807, 2.05) is 6.07 Å². The van der Waals surface area contributed by atoms with E-state index in [2.05, 4.69) is 51.6 Å². The highest BCUT2D eigenvalue weighted by Crippen LogP contribution is 2.63. The highest BCUT2D eigenvalue weighted by molar-refractivity contribution is 9.10. The maximum absolute atomic E-state index is 11.8. The van der Waals surface area contributed by atoms with Crippen molar-refractivity contribution in [2.75, 3.05) is 5.32 Å². The zero-order chi connectivity index (χ0) is 17.1. The van der Waals surface area contributed by atoms with Crippen LogP contribution in [0.2, 0.25) is 0 Å². The van der Waals surface area contributed by atoms with Crippen molar-refractivity contribution in [3.63, 3.8) is 0 Å². The molecule has 0 aromatic heterocycles. The van der Waals surface area contributed by atoms with Crippen LogP contribution in [0.15, 0.2) is 46.9 Å². The van der Waals surface area contributed by atoms with E-state index in [4.69, 9.17) is 0 Å². The first kappa shape index (κ1) is 15.4. The Morgan fingerprint density at radius 3 is 2.60 bits per heavy atom. The maximum Gasteiger partial charge on any atom is 0.337 e.